The van der Waals surface area contributed by atoms with Crippen LogP contribution in [0.25, 0.3) is 0 Å². The average molecular weight is 483 g/mol. The zero-order valence-corrected chi connectivity index (χ0v) is 20.3. The quantitative estimate of drug-likeness (QED) is 0.611. The number of carbonyl (C=O) groups is 3. The van der Waals surface area contributed by atoms with E-state index in [1.807, 2.05) is 12.1 Å². The van der Waals surface area contributed by atoms with E-state index in [1.54, 1.807) is 24.9 Å². The van der Waals surface area contributed by atoms with E-state index in [2.05, 4.69) is 10.3 Å². The molecule has 2 aromatic rings. The number of methoxy groups -OCH3 is 1. The van der Waals surface area contributed by atoms with Crippen LogP contribution in [-0.4, -0.2) is 72.7 Å². The van der Waals surface area contributed by atoms with E-state index >= 15 is 0 Å². The van der Waals surface area contributed by atoms with Crippen LogP contribution < -0.4 is 10.1 Å². The van der Waals surface area contributed by atoms with Crippen LogP contribution in [0, 0.1) is 11.7 Å². The van der Waals surface area contributed by atoms with Gasteiger partial charge in [0.05, 0.1) is 13.0 Å². The number of fused-ring (bicyclic) bond motifs is 1. The number of anilines is 1. The number of piperidine rings is 1. The molecule has 1 fully saturated rings. The number of likely N-dealkylation sites (tertiary alicyclic amines) is 1. The van der Waals surface area contributed by atoms with E-state index in [4.69, 9.17) is 4.74 Å². The molecule has 1 aromatic carbocycles. The number of ketones is 1. The summed E-state index contributed by atoms with van der Waals surface area (Å²) < 4.78 is 18.6. The van der Waals surface area contributed by atoms with Gasteiger partial charge in [-0.2, -0.15) is 4.98 Å². The molecule has 8 nitrogen and oxygen atoms in total. The molecular weight excluding hydrogens is 451 g/mol. The average Bonchev–Trinajstić information content (AvgIpc) is 3.30. The zero-order valence-electron chi connectivity index (χ0n) is 20.3. The van der Waals surface area contributed by atoms with Gasteiger partial charge in [-0.05, 0) is 55.9 Å². The third kappa shape index (κ3) is 5.13. The Bertz CT molecular complexity index is 1110. The lowest BCUT2D eigenvalue weighted by Crippen LogP contribution is -2.39. The van der Waals surface area contributed by atoms with E-state index in [0.29, 0.717) is 42.5 Å². The van der Waals surface area contributed by atoms with E-state index in [0.717, 1.165) is 24.8 Å². The first kappa shape index (κ1) is 24.6. The Morgan fingerprint density at radius 2 is 1.89 bits per heavy atom. The first-order valence-electron chi connectivity index (χ1n) is 12.0. The van der Waals surface area contributed by atoms with Gasteiger partial charge in [0.1, 0.15) is 17.2 Å². The van der Waals surface area contributed by atoms with E-state index < -0.39 is 17.6 Å². The fraction of sp³-hybridized carbons (Fsp3) is 0.462. The number of halogens is 1. The second-order valence-corrected chi connectivity index (χ2v) is 9.17. The number of ether oxygens (including phenoxy) is 1. The fourth-order valence-electron chi connectivity index (χ4n) is 4.72. The molecule has 0 bridgehead atoms. The summed E-state index contributed by atoms with van der Waals surface area (Å²) in [7, 11) is 3.04. The predicted molar refractivity (Wildman–Crippen MR) is 129 cm³/mol. The first-order valence-corrected chi connectivity index (χ1v) is 12.0. The Labute approximate surface area is 204 Å². The van der Waals surface area contributed by atoms with Crippen LogP contribution in [0.15, 0.2) is 30.3 Å². The number of aromatic nitrogens is 1. The third-order valence-corrected chi connectivity index (χ3v) is 6.98. The van der Waals surface area contributed by atoms with Crippen molar-refractivity contribution in [2.45, 2.75) is 32.1 Å². The van der Waals surface area contributed by atoms with Crippen LogP contribution in [0.2, 0.25) is 0 Å². The number of Topliss-reactive ketones (excluding diaryl/α,β-unsaturated/α-hetero) is 1. The highest BCUT2D eigenvalue weighted by Crippen LogP contribution is 2.36. The van der Waals surface area contributed by atoms with Crippen molar-refractivity contribution < 1.29 is 23.5 Å². The van der Waals surface area contributed by atoms with Gasteiger partial charge in [-0.15, -0.1) is 0 Å². The molecule has 1 saturated heterocycles. The minimum atomic E-state index is -0.696. The van der Waals surface area contributed by atoms with Crippen LogP contribution >= 0.6 is 0 Å². The number of amides is 2. The largest absolute Gasteiger partial charge is 0.480 e. The standard InChI is InChI=1S/C26H31FN4O4/c1-4-30(2)26(34)22(32)21-15-28-23-19(21)14-20(24(29-23)35-3)25(33)31-11-9-17(10-12-31)13-16-5-7-18(27)8-6-16/h5-8,14,17,21H,4,9-13,15H2,1-3H3,(H,28,29). The molecule has 9 heteroatoms. The number of nitrogens with one attached hydrogen (secondary N) is 1. The predicted octanol–water partition coefficient (Wildman–Crippen LogP) is 2.88. The number of hydrogen-bond acceptors (Lipinski definition) is 6. The van der Waals surface area contributed by atoms with Gasteiger partial charge in [0.25, 0.3) is 11.8 Å². The van der Waals surface area contributed by atoms with Crippen LogP contribution in [0.4, 0.5) is 10.2 Å². The third-order valence-electron chi connectivity index (χ3n) is 6.98. The summed E-state index contributed by atoms with van der Waals surface area (Å²) in [5, 5.41) is 3.06. The smallest absolute Gasteiger partial charge is 0.290 e. The van der Waals surface area contributed by atoms with Crippen LogP contribution in [0.3, 0.4) is 0 Å². The summed E-state index contributed by atoms with van der Waals surface area (Å²) in [6.45, 7) is 3.66. The Morgan fingerprint density at radius 3 is 2.51 bits per heavy atom. The summed E-state index contributed by atoms with van der Waals surface area (Å²) in [6.07, 6.45) is 2.52. The Balaban J connectivity index is 1.48. The molecular formula is C26H31FN4O4. The Kier molecular flexibility index (Phi) is 7.33. The van der Waals surface area contributed by atoms with Gasteiger partial charge >= 0.3 is 0 Å². The molecule has 2 aliphatic heterocycles. The van der Waals surface area contributed by atoms with Crippen LogP contribution in [0.1, 0.15) is 47.2 Å². The maximum Gasteiger partial charge on any atom is 0.290 e. The minimum absolute atomic E-state index is 0.194. The van der Waals surface area contributed by atoms with Crippen molar-refractivity contribution in [3.63, 3.8) is 0 Å². The lowest BCUT2D eigenvalue weighted by atomic mass is 9.90. The second kappa shape index (κ2) is 10.4. The number of carbonyl (C=O) groups excluding carboxylic acids is 3. The van der Waals surface area contributed by atoms with Gasteiger partial charge in [-0.3, -0.25) is 14.4 Å². The molecule has 2 aliphatic rings. The van der Waals surface area contributed by atoms with Crippen molar-refractivity contribution in [2.75, 3.05) is 45.7 Å². The molecule has 1 unspecified atom stereocenters. The molecule has 2 amide bonds. The minimum Gasteiger partial charge on any atom is -0.480 e. The SMILES string of the molecule is CCN(C)C(=O)C(=O)C1CNc2nc(OC)c(C(=O)N3CCC(Cc4ccc(F)cc4)CC3)cc21. The monoisotopic (exact) mass is 482 g/mol. The van der Waals surface area contributed by atoms with Crippen molar-refractivity contribution >= 4 is 23.4 Å². The molecule has 0 radical (unpaired) electrons. The van der Waals surface area contributed by atoms with E-state index in [1.165, 1.54) is 24.1 Å². The van der Waals surface area contributed by atoms with Crippen LogP contribution in [0.5, 0.6) is 5.88 Å². The summed E-state index contributed by atoms with van der Waals surface area (Å²) in [4.78, 5) is 46.3. The number of pyridine rings is 1. The van der Waals surface area contributed by atoms with E-state index in [-0.39, 0.29) is 24.1 Å². The molecule has 0 spiro atoms. The van der Waals surface area contributed by atoms with Crippen molar-refractivity contribution in [2.24, 2.45) is 5.92 Å². The highest BCUT2D eigenvalue weighted by molar-refractivity contribution is 6.38. The number of benzene rings is 1. The van der Waals surface area contributed by atoms with Crippen molar-refractivity contribution in [1.82, 2.24) is 14.8 Å². The molecule has 0 saturated carbocycles. The zero-order chi connectivity index (χ0) is 25.1. The van der Waals surface area contributed by atoms with Gasteiger partial charge in [0, 0.05) is 38.8 Å². The number of nitrogens with zero attached hydrogens (tertiary/aromatic N) is 3. The topological polar surface area (TPSA) is 91.8 Å². The first-order chi connectivity index (χ1) is 16.8. The van der Waals surface area contributed by atoms with Gasteiger partial charge in [-0.25, -0.2) is 4.39 Å². The maximum atomic E-state index is 13.4. The highest BCUT2D eigenvalue weighted by atomic mass is 19.1. The molecule has 3 heterocycles. The molecule has 4 rings (SSSR count). The Hall–Kier alpha value is -3.49. The van der Waals surface area contributed by atoms with Crippen molar-refractivity contribution in [3.8, 4) is 5.88 Å². The normalized spacial score (nSPS) is 17.5. The number of rotatable bonds is 7. The molecule has 1 N–H and O–H groups in total. The molecule has 0 aliphatic carbocycles. The summed E-state index contributed by atoms with van der Waals surface area (Å²) in [5.74, 6) is -1.15. The van der Waals surface area contributed by atoms with Crippen LogP contribution in [-0.2, 0) is 16.0 Å². The van der Waals surface area contributed by atoms with Gasteiger partial charge < -0.3 is 19.9 Å². The molecule has 1 aromatic heterocycles. The molecule has 35 heavy (non-hydrogen) atoms. The Morgan fingerprint density at radius 1 is 1.20 bits per heavy atom. The van der Waals surface area contributed by atoms with Gasteiger partial charge in [0.2, 0.25) is 11.7 Å². The number of likely N-dealkylation sites (N-methyl/N-ethyl adjacent to an activating group) is 1. The van der Waals surface area contributed by atoms with Gasteiger partial charge in [-0.1, -0.05) is 12.1 Å². The summed E-state index contributed by atoms with van der Waals surface area (Å²) in [5.41, 5.74) is 1.93. The fourth-order valence-corrected chi connectivity index (χ4v) is 4.72. The lowest BCUT2D eigenvalue weighted by molar-refractivity contribution is -0.144. The molecule has 1 atom stereocenters. The summed E-state index contributed by atoms with van der Waals surface area (Å²) in [6, 6.07) is 8.21. The van der Waals surface area contributed by atoms with Crippen molar-refractivity contribution in [1.29, 1.82) is 0 Å². The summed E-state index contributed by atoms with van der Waals surface area (Å²) >= 11 is 0. The maximum absolute atomic E-state index is 13.4. The second-order valence-electron chi connectivity index (χ2n) is 9.17. The molecule has 186 valence electrons. The lowest BCUT2D eigenvalue weighted by Gasteiger charge is -2.32. The van der Waals surface area contributed by atoms with Gasteiger partial charge in [0.15, 0.2) is 0 Å². The van der Waals surface area contributed by atoms with E-state index in [9.17, 15) is 18.8 Å². The van der Waals surface area contributed by atoms with Crippen molar-refractivity contribution in [3.05, 3.63) is 52.8 Å². The highest BCUT2D eigenvalue weighted by Gasteiger charge is 2.37. The number of hydrogen-bond donors (Lipinski definition) is 1.